The zero-order valence-corrected chi connectivity index (χ0v) is 12.9. The largest absolute Gasteiger partial charge is 0.494 e. The number of imidazole rings is 1. The monoisotopic (exact) mass is 300 g/mol. The number of alkyl halides is 1. The fraction of sp³-hybridized carbons (Fsp3) is 0.235. The molecular formula is C17H17ClN2O. The predicted octanol–water partition coefficient (Wildman–Crippen LogP) is 4.47. The van der Waals surface area contributed by atoms with Crippen LogP contribution in [0.25, 0.3) is 16.7 Å². The highest BCUT2D eigenvalue weighted by atomic mass is 35.5. The summed E-state index contributed by atoms with van der Waals surface area (Å²) in [6, 6.07) is 14.2. The minimum absolute atomic E-state index is 0.368. The molecule has 0 N–H and O–H groups in total. The first kappa shape index (κ1) is 14.0. The number of aromatic nitrogens is 2. The molecule has 0 aliphatic rings. The van der Waals surface area contributed by atoms with Gasteiger partial charge in [0.1, 0.15) is 11.6 Å². The van der Waals surface area contributed by atoms with E-state index in [9.17, 15) is 0 Å². The van der Waals surface area contributed by atoms with Gasteiger partial charge in [-0.15, -0.1) is 11.6 Å². The fourth-order valence-electron chi connectivity index (χ4n) is 2.54. The Labute approximate surface area is 129 Å². The first-order chi connectivity index (χ1) is 10.2. The minimum Gasteiger partial charge on any atom is -0.494 e. The standard InChI is InChI=1S/C17H17ClN2O/c1-3-21-14-8-5-7-13(10-14)20-15-9-4-6-12(2)17(15)19-16(20)11-18/h4-10H,3,11H2,1-2H3. The van der Waals surface area contributed by atoms with Crippen LogP contribution >= 0.6 is 11.6 Å². The molecule has 2 aromatic carbocycles. The lowest BCUT2D eigenvalue weighted by Crippen LogP contribution is -2.00. The summed E-state index contributed by atoms with van der Waals surface area (Å²) in [4.78, 5) is 4.67. The number of aryl methyl sites for hydroxylation is 1. The molecular weight excluding hydrogens is 284 g/mol. The highest BCUT2D eigenvalue weighted by molar-refractivity contribution is 6.17. The maximum absolute atomic E-state index is 6.09. The van der Waals surface area contributed by atoms with Crippen molar-refractivity contribution in [2.75, 3.05) is 6.61 Å². The predicted molar refractivity (Wildman–Crippen MR) is 86.5 cm³/mol. The van der Waals surface area contributed by atoms with E-state index in [1.807, 2.05) is 37.3 Å². The second-order valence-corrected chi connectivity index (χ2v) is 5.14. The molecule has 0 bridgehead atoms. The molecule has 108 valence electrons. The Morgan fingerprint density at radius 1 is 1.19 bits per heavy atom. The average molecular weight is 301 g/mol. The van der Waals surface area contributed by atoms with E-state index in [0.717, 1.165) is 33.9 Å². The minimum atomic E-state index is 0.368. The fourth-order valence-corrected chi connectivity index (χ4v) is 2.72. The third-order valence-corrected chi connectivity index (χ3v) is 3.70. The van der Waals surface area contributed by atoms with Gasteiger partial charge in [-0.05, 0) is 37.6 Å². The van der Waals surface area contributed by atoms with E-state index < -0.39 is 0 Å². The third-order valence-electron chi connectivity index (χ3n) is 3.46. The van der Waals surface area contributed by atoms with E-state index in [-0.39, 0.29) is 0 Å². The second-order valence-electron chi connectivity index (χ2n) is 4.87. The van der Waals surface area contributed by atoms with Gasteiger partial charge in [-0.1, -0.05) is 18.2 Å². The SMILES string of the molecule is CCOc1cccc(-n2c(CCl)nc3c(C)cccc32)c1. The van der Waals surface area contributed by atoms with Crippen LogP contribution in [0, 0.1) is 6.92 Å². The topological polar surface area (TPSA) is 27.1 Å². The van der Waals surface area contributed by atoms with Crippen molar-refractivity contribution in [3.05, 3.63) is 53.9 Å². The smallest absolute Gasteiger partial charge is 0.129 e. The summed E-state index contributed by atoms with van der Waals surface area (Å²) in [6.45, 7) is 4.69. The highest BCUT2D eigenvalue weighted by Gasteiger charge is 2.13. The number of halogens is 1. The summed E-state index contributed by atoms with van der Waals surface area (Å²) in [5.41, 5.74) is 4.23. The lowest BCUT2D eigenvalue weighted by atomic mass is 10.2. The maximum atomic E-state index is 6.09. The first-order valence-corrected chi connectivity index (χ1v) is 7.54. The maximum Gasteiger partial charge on any atom is 0.129 e. The molecule has 3 rings (SSSR count). The summed E-state index contributed by atoms with van der Waals surface area (Å²) in [6.07, 6.45) is 0. The Hall–Kier alpha value is -2.00. The van der Waals surface area contributed by atoms with Crippen molar-refractivity contribution in [3.63, 3.8) is 0 Å². The van der Waals surface area contributed by atoms with Gasteiger partial charge in [0.15, 0.2) is 0 Å². The molecule has 0 amide bonds. The quantitative estimate of drug-likeness (QED) is 0.665. The van der Waals surface area contributed by atoms with E-state index in [0.29, 0.717) is 12.5 Å². The van der Waals surface area contributed by atoms with Gasteiger partial charge in [-0.25, -0.2) is 4.98 Å². The Kier molecular flexibility index (Phi) is 3.84. The van der Waals surface area contributed by atoms with Crippen molar-refractivity contribution in [3.8, 4) is 11.4 Å². The highest BCUT2D eigenvalue weighted by Crippen LogP contribution is 2.26. The van der Waals surface area contributed by atoms with Crippen LogP contribution < -0.4 is 4.74 Å². The van der Waals surface area contributed by atoms with Crippen LogP contribution in [0.1, 0.15) is 18.3 Å². The Morgan fingerprint density at radius 2 is 2.00 bits per heavy atom. The molecule has 0 saturated carbocycles. The van der Waals surface area contributed by atoms with Crippen LogP contribution in [-0.2, 0) is 5.88 Å². The van der Waals surface area contributed by atoms with Gasteiger partial charge in [0.25, 0.3) is 0 Å². The van der Waals surface area contributed by atoms with Gasteiger partial charge in [0, 0.05) is 6.07 Å². The molecule has 1 heterocycles. The normalized spacial score (nSPS) is 11.0. The second kappa shape index (κ2) is 5.78. The van der Waals surface area contributed by atoms with Crippen LogP contribution in [0.5, 0.6) is 5.75 Å². The molecule has 0 spiro atoms. The lowest BCUT2D eigenvalue weighted by Gasteiger charge is -2.10. The summed E-state index contributed by atoms with van der Waals surface area (Å²) in [5.74, 6) is 2.06. The molecule has 3 nitrogen and oxygen atoms in total. The van der Waals surface area contributed by atoms with Gasteiger partial charge in [-0.2, -0.15) is 0 Å². The van der Waals surface area contributed by atoms with Crippen LogP contribution in [0.3, 0.4) is 0 Å². The van der Waals surface area contributed by atoms with Crippen molar-refractivity contribution in [1.29, 1.82) is 0 Å². The van der Waals surface area contributed by atoms with E-state index in [4.69, 9.17) is 16.3 Å². The molecule has 0 atom stereocenters. The van der Waals surface area contributed by atoms with Crippen LogP contribution in [0.4, 0.5) is 0 Å². The van der Waals surface area contributed by atoms with E-state index in [1.165, 1.54) is 0 Å². The molecule has 3 aromatic rings. The number of ether oxygens (including phenoxy) is 1. The molecule has 21 heavy (non-hydrogen) atoms. The molecule has 0 unspecified atom stereocenters. The first-order valence-electron chi connectivity index (χ1n) is 7.00. The van der Waals surface area contributed by atoms with Crippen LogP contribution in [0.15, 0.2) is 42.5 Å². The van der Waals surface area contributed by atoms with Gasteiger partial charge in [0.05, 0.1) is 29.2 Å². The van der Waals surface area contributed by atoms with Gasteiger partial charge in [-0.3, -0.25) is 4.57 Å². The van der Waals surface area contributed by atoms with Crippen molar-refractivity contribution >= 4 is 22.6 Å². The lowest BCUT2D eigenvalue weighted by molar-refractivity contribution is 0.340. The van der Waals surface area contributed by atoms with Gasteiger partial charge in [0.2, 0.25) is 0 Å². The van der Waals surface area contributed by atoms with Crippen molar-refractivity contribution in [2.45, 2.75) is 19.7 Å². The van der Waals surface area contributed by atoms with E-state index in [1.54, 1.807) is 0 Å². The van der Waals surface area contributed by atoms with Crippen molar-refractivity contribution in [2.24, 2.45) is 0 Å². The zero-order chi connectivity index (χ0) is 14.8. The number of para-hydroxylation sites is 1. The Balaban J connectivity index is 2.23. The van der Waals surface area contributed by atoms with Gasteiger partial charge < -0.3 is 4.74 Å². The number of nitrogens with zero attached hydrogens (tertiary/aromatic N) is 2. The summed E-state index contributed by atoms with van der Waals surface area (Å²) >= 11 is 6.09. The van der Waals surface area contributed by atoms with E-state index in [2.05, 4.69) is 28.6 Å². The molecule has 4 heteroatoms. The Morgan fingerprint density at radius 3 is 2.76 bits per heavy atom. The van der Waals surface area contributed by atoms with Crippen molar-refractivity contribution < 1.29 is 4.74 Å². The molecule has 1 aromatic heterocycles. The zero-order valence-electron chi connectivity index (χ0n) is 12.1. The number of rotatable bonds is 4. The van der Waals surface area contributed by atoms with Crippen LogP contribution in [0.2, 0.25) is 0 Å². The summed E-state index contributed by atoms with van der Waals surface area (Å²) in [7, 11) is 0. The number of hydrogen-bond donors (Lipinski definition) is 0. The van der Waals surface area contributed by atoms with Crippen LogP contribution in [-0.4, -0.2) is 16.2 Å². The van der Waals surface area contributed by atoms with Crippen molar-refractivity contribution in [1.82, 2.24) is 9.55 Å². The molecule has 0 aliphatic heterocycles. The van der Waals surface area contributed by atoms with E-state index >= 15 is 0 Å². The number of fused-ring (bicyclic) bond motifs is 1. The molecule has 0 radical (unpaired) electrons. The third kappa shape index (κ3) is 2.49. The Bertz CT molecular complexity index is 780. The summed E-state index contributed by atoms with van der Waals surface area (Å²) in [5, 5.41) is 0. The number of hydrogen-bond acceptors (Lipinski definition) is 2. The van der Waals surface area contributed by atoms with Gasteiger partial charge >= 0.3 is 0 Å². The number of benzene rings is 2. The average Bonchev–Trinajstić information content (AvgIpc) is 2.88. The molecule has 0 saturated heterocycles. The molecule has 0 aliphatic carbocycles. The molecule has 0 fully saturated rings. The summed E-state index contributed by atoms with van der Waals surface area (Å²) < 4.78 is 7.68.